The zero-order valence-corrected chi connectivity index (χ0v) is 23.4. The van der Waals surface area contributed by atoms with E-state index >= 15 is 0 Å². The van der Waals surface area contributed by atoms with Crippen LogP contribution in [0.5, 0.6) is 5.88 Å². The number of carboxylic acid groups (broad SMARTS) is 1. The number of hydrogen-bond donors (Lipinski definition) is 1. The van der Waals surface area contributed by atoms with Crippen LogP contribution in [0.3, 0.4) is 0 Å². The van der Waals surface area contributed by atoms with Crippen LogP contribution in [0.2, 0.25) is 0 Å². The number of carboxylic acids is 1. The Hall–Kier alpha value is -3.96. The zero-order valence-electron chi connectivity index (χ0n) is 23.4. The summed E-state index contributed by atoms with van der Waals surface area (Å²) >= 11 is 0. The van der Waals surface area contributed by atoms with Crippen molar-refractivity contribution in [3.05, 3.63) is 87.9 Å². The summed E-state index contributed by atoms with van der Waals surface area (Å²) in [5.74, 6) is -0.0759. The van der Waals surface area contributed by atoms with Gasteiger partial charge in [-0.25, -0.2) is 14.8 Å². The van der Waals surface area contributed by atoms with Crippen LogP contribution in [-0.4, -0.2) is 49.8 Å². The van der Waals surface area contributed by atoms with Crippen LogP contribution in [0.1, 0.15) is 69.3 Å². The summed E-state index contributed by atoms with van der Waals surface area (Å²) in [7, 11) is 0. The maximum absolute atomic E-state index is 14.0. The van der Waals surface area contributed by atoms with Gasteiger partial charge in [-0.1, -0.05) is 24.3 Å². The average molecular weight is 593 g/mol. The Kier molecular flexibility index (Phi) is 7.09. The van der Waals surface area contributed by atoms with Gasteiger partial charge in [0.1, 0.15) is 18.0 Å². The molecule has 2 fully saturated rings. The topological polar surface area (TPSA) is 89.7 Å². The second kappa shape index (κ2) is 10.9. The largest absolute Gasteiger partial charge is 0.478 e. The van der Waals surface area contributed by atoms with Gasteiger partial charge in [-0.15, -0.1) is 0 Å². The van der Waals surface area contributed by atoms with Crippen molar-refractivity contribution in [2.45, 2.75) is 70.1 Å². The third-order valence-electron chi connectivity index (χ3n) is 8.56. The van der Waals surface area contributed by atoms with E-state index < -0.39 is 23.6 Å². The molecule has 7 rings (SSSR count). The van der Waals surface area contributed by atoms with Crippen LogP contribution < -0.4 is 4.74 Å². The van der Waals surface area contributed by atoms with Crippen LogP contribution in [0.15, 0.2) is 48.5 Å². The first-order chi connectivity index (χ1) is 20.7. The fourth-order valence-electron chi connectivity index (χ4n) is 5.86. The van der Waals surface area contributed by atoms with Gasteiger partial charge < -0.3 is 19.1 Å². The maximum atomic E-state index is 14.0. The van der Waals surface area contributed by atoms with Crippen LogP contribution >= 0.6 is 0 Å². The Labute approximate surface area is 246 Å². The van der Waals surface area contributed by atoms with Crippen molar-refractivity contribution in [2.75, 3.05) is 13.2 Å². The van der Waals surface area contributed by atoms with Gasteiger partial charge in [-0.05, 0) is 72.6 Å². The number of ether oxygens (including phenoxy) is 2. The van der Waals surface area contributed by atoms with Gasteiger partial charge in [-0.3, -0.25) is 4.90 Å². The minimum Gasteiger partial charge on any atom is -0.478 e. The van der Waals surface area contributed by atoms with Gasteiger partial charge >= 0.3 is 12.1 Å². The standard InChI is InChI=1S/C32H31F3N4O4/c33-32(34,35)25-13-22-9-11-38(16-27(22)37-30(25)43-18-19-1-3-20(4-2-19)21-5-6-21)17-29-36-26-8-7-23(31(40)41)14-28(26)39(29)15-24-10-12-42-24/h1-4,7-8,13-14,21,24H,5-6,9-12,15-18H2,(H,40,41)/t24-/m0/s1. The molecule has 224 valence electrons. The van der Waals surface area contributed by atoms with Crippen LogP contribution in [0.4, 0.5) is 13.2 Å². The molecule has 43 heavy (non-hydrogen) atoms. The number of imidazole rings is 1. The monoisotopic (exact) mass is 592 g/mol. The number of aromatic carboxylic acids is 1. The third-order valence-corrected chi connectivity index (χ3v) is 8.56. The fraction of sp³-hybridized carbons (Fsp3) is 0.406. The second-order valence-electron chi connectivity index (χ2n) is 11.6. The number of aromatic nitrogens is 3. The van der Waals surface area contributed by atoms with Gasteiger partial charge in [0.05, 0.1) is 41.5 Å². The number of alkyl halides is 3. The third kappa shape index (κ3) is 5.83. The van der Waals surface area contributed by atoms with E-state index in [-0.39, 0.29) is 18.3 Å². The lowest BCUT2D eigenvalue weighted by Gasteiger charge is -2.30. The molecular formula is C32H31F3N4O4. The molecule has 0 amide bonds. The zero-order chi connectivity index (χ0) is 29.7. The van der Waals surface area contributed by atoms with E-state index in [9.17, 15) is 23.1 Å². The predicted octanol–water partition coefficient (Wildman–Crippen LogP) is 5.95. The molecule has 0 bridgehead atoms. The number of benzene rings is 2. The molecule has 1 saturated carbocycles. The highest BCUT2D eigenvalue weighted by atomic mass is 19.4. The molecule has 2 aliphatic heterocycles. The molecule has 4 aromatic rings. The summed E-state index contributed by atoms with van der Waals surface area (Å²) in [6, 6.07) is 13.9. The predicted molar refractivity (Wildman–Crippen MR) is 151 cm³/mol. The summed E-state index contributed by atoms with van der Waals surface area (Å²) in [4.78, 5) is 22.9. The second-order valence-corrected chi connectivity index (χ2v) is 11.6. The summed E-state index contributed by atoms with van der Waals surface area (Å²) in [5, 5.41) is 9.51. The van der Waals surface area contributed by atoms with Crippen molar-refractivity contribution >= 4 is 17.0 Å². The van der Waals surface area contributed by atoms with E-state index in [0.29, 0.717) is 61.9 Å². The van der Waals surface area contributed by atoms with Crippen LogP contribution in [0, 0.1) is 0 Å². The minimum absolute atomic E-state index is 0.00484. The van der Waals surface area contributed by atoms with Crippen LogP contribution in [-0.2, 0) is 43.6 Å². The molecule has 0 spiro atoms. The molecular weight excluding hydrogens is 561 g/mol. The Morgan fingerprint density at radius 1 is 1.07 bits per heavy atom. The molecule has 0 unspecified atom stereocenters. The fourth-order valence-corrected chi connectivity index (χ4v) is 5.86. The maximum Gasteiger partial charge on any atom is 0.421 e. The number of carbonyl (C=O) groups is 1. The minimum atomic E-state index is -4.59. The molecule has 3 aliphatic rings. The summed E-state index contributed by atoms with van der Waals surface area (Å²) in [5.41, 5.74) is 3.89. The van der Waals surface area contributed by atoms with Crippen molar-refractivity contribution < 1.29 is 32.5 Å². The van der Waals surface area contributed by atoms with Crippen molar-refractivity contribution in [1.82, 2.24) is 19.4 Å². The molecule has 1 aliphatic carbocycles. The van der Waals surface area contributed by atoms with E-state index in [2.05, 4.69) is 9.88 Å². The molecule has 4 heterocycles. The van der Waals surface area contributed by atoms with Crippen molar-refractivity contribution in [2.24, 2.45) is 0 Å². The molecule has 8 nitrogen and oxygen atoms in total. The van der Waals surface area contributed by atoms with Crippen molar-refractivity contribution in [3.63, 3.8) is 0 Å². The van der Waals surface area contributed by atoms with E-state index in [0.717, 1.165) is 23.3 Å². The highest BCUT2D eigenvalue weighted by Gasteiger charge is 2.37. The molecule has 1 saturated heterocycles. The van der Waals surface area contributed by atoms with Crippen LogP contribution in [0.25, 0.3) is 11.0 Å². The van der Waals surface area contributed by atoms with Gasteiger partial charge in [0.2, 0.25) is 5.88 Å². The molecule has 1 N–H and O–H groups in total. The van der Waals surface area contributed by atoms with Gasteiger partial charge in [0, 0.05) is 19.7 Å². The highest BCUT2D eigenvalue weighted by Crippen LogP contribution is 2.40. The molecule has 11 heteroatoms. The Morgan fingerprint density at radius 2 is 1.86 bits per heavy atom. The number of nitrogens with zero attached hydrogens (tertiary/aromatic N) is 4. The van der Waals surface area contributed by atoms with Crippen molar-refractivity contribution in [3.8, 4) is 5.88 Å². The molecule has 2 aromatic heterocycles. The van der Waals surface area contributed by atoms with E-state index in [1.54, 1.807) is 12.1 Å². The summed E-state index contributed by atoms with van der Waals surface area (Å²) in [6.45, 7) is 2.53. The smallest absolute Gasteiger partial charge is 0.421 e. The number of halogens is 3. The van der Waals surface area contributed by atoms with Crippen molar-refractivity contribution in [1.29, 1.82) is 0 Å². The molecule has 0 radical (unpaired) electrons. The van der Waals surface area contributed by atoms with E-state index in [1.165, 1.54) is 30.5 Å². The highest BCUT2D eigenvalue weighted by molar-refractivity contribution is 5.92. The Balaban J connectivity index is 1.13. The number of fused-ring (bicyclic) bond motifs is 2. The van der Waals surface area contributed by atoms with Gasteiger partial charge in [-0.2, -0.15) is 13.2 Å². The lowest BCUT2D eigenvalue weighted by molar-refractivity contribution is -0.139. The quantitative estimate of drug-likeness (QED) is 0.257. The van der Waals surface area contributed by atoms with Gasteiger partial charge in [0.15, 0.2) is 0 Å². The Morgan fingerprint density at radius 3 is 2.53 bits per heavy atom. The summed E-state index contributed by atoms with van der Waals surface area (Å²) in [6.07, 6.45) is -0.886. The molecule has 2 aromatic carbocycles. The number of rotatable bonds is 9. The Bertz CT molecular complexity index is 1680. The van der Waals surface area contributed by atoms with Gasteiger partial charge in [0.25, 0.3) is 0 Å². The number of pyridine rings is 1. The van der Waals surface area contributed by atoms with E-state index in [4.69, 9.17) is 14.5 Å². The van der Waals surface area contributed by atoms with E-state index in [1.807, 2.05) is 28.8 Å². The first-order valence-electron chi connectivity index (χ1n) is 14.6. The normalized spacial score (nSPS) is 18.8. The number of hydrogen-bond acceptors (Lipinski definition) is 6. The lowest BCUT2D eigenvalue weighted by atomic mass is 10.0. The first-order valence-corrected chi connectivity index (χ1v) is 14.6. The lowest BCUT2D eigenvalue weighted by Crippen LogP contribution is -2.34. The average Bonchev–Trinajstić information content (AvgIpc) is 3.75. The first kappa shape index (κ1) is 27.8. The molecule has 1 atom stereocenters. The summed E-state index contributed by atoms with van der Waals surface area (Å²) < 4.78 is 55.5. The SMILES string of the molecule is O=C(O)c1ccc2nc(CN3CCc4cc(C(F)(F)F)c(OCc5ccc(C6CC6)cc5)nc4C3)n(C[C@@H]3CCO3)c2c1.